The maximum absolute atomic E-state index is 11.6. The molecule has 1 spiro atoms. The molecule has 0 bridgehead atoms. The summed E-state index contributed by atoms with van der Waals surface area (Å²) in [6, 6.07) is 0. The average Bonchev–Trinajstić information content (AvgIpc) is 2.11. The summed E-state index contributed by atoms with van der Waals surface area (Å²) in [4.78, 5) is 22.6. The van der Waals surface area contributed by atoms with Crippen molar-refractivity contribution in [2.75, 3.05) is 6.54 Å². The molecule has 1 saturated heterocycles. The summed E-state index contributed by atoms with van der Waals surface area (Å²) < 4.78 is 5.13. The molecule has 13 heavy (non-hydrogen) atoms. The SMILES string of the molecule is O=C1NCCC2(CCCCC2=O)O1. The number of ketones is 1. The van der Waals surface area contributed by atoms with E-state index in [9.17, 15) is 9.59 Å². The van der Waals surface area contributed by atoms with Crippen LogP contribution in [-0.4, -0.2) is 24.0 Å². The van der Waals surface area contributed by atoms with Crippen molar-refractivity contribution in [1.82, 2.24) is 5.32 Å². The van der Waals surface area contributed by atoms with Crippen LogP contribution >= 0.6 is 0 Å². The van der Waals surface area contributed by atoms with Gasteiger partial charge < -0.3 is 10.1 Å². The van der Waals surface area contributed by atoms with E-state index in [1.54, 1.807) is 0 Å². The minimum absolute atomic E-state index is 0.105. The first-order valence-electron chi connectivity index (χ1n) is 4.73. The number of nitrogens with one attached hydrogen (secondary N) is 1. The zero-order chi connectivity index (χ0) is 9.31. The Morgan fingerprint density at radius 2 is 2.08 bits per heavy atom. The van der Waals surface area contributed by atoms with Crippen molar-refractivity contribution in [3.05, 3.63) is 0 Å². The standard InChI is InChI=1S/C9H13NO3/c11-7-3-1-2-4-9(7)5-6-10-8(12)13-9/h1-6H2,(H,10,12). The molecule has 2 rings (SSSR count). The smallest absolute Gasteiger partial charge is 0.408 e. The van der Waals surface area contributed by atoms with Gasteiger partial charge in [0.25, 0.3) is 0 Å². The third-order valence-corrected chi connectivity index (χ3v) is 2.83. The molecule has 1 heterocycles. The number of rotatable bonds is 0. The van der Waals surface area contributed by atoms with Crippen molar-refractivity contribution in [3.63, 3.8) is 0 Å². The van der Waals surface area contributed by atoms with Crippen LogP contribution in [0, 0.1) is 0 Å². The van der Waals surface area contributed by atoms with Gasteiger partial charge in [-0.15, -0.1) is 0 Å². The van der Waals surface area contributed by atoms with Gasteiger partial charge in [0.2, 0.25) is 0 Å². The Kier molecular flexibility index (Phi) is 1.98. The number of carbonyl (C=O) groups excluding carboxylic acids is 2. The van der Waals surface area contributed by atoms with Crippen LogP contribution in [0.5, 0.6) is 0 Å². The second-order valence-electron chi connectivity index (χ2n) is 3.69. The van der Waals surface area contributed by atoms with E-state index in [1.807, 2.05) is 0 Å². The Hall–Kier alpha value is -1.06. The van der Waals surface area contributed by atoms with E-state index in [-0.39, 0.29) is 5.78 Å². The van der Waals surface area contributed by atoms with E-state index < -0.39 is 11.7 Å². The third kappa shape index (κ3) is 1.41. The van der Waals surface area contributed by atoms with Gasteiger partial charge in [0.1, 0.15) is 0 Å². The molecule has 1 atom stereocenters. The number of Topliss-reactive ketones (excluding diaryl/α,β-unsaturated/α-hetero) is 1. The molecule has 72 valence electrons. The van der Waals surface area contributed by atoms with Crippen LogP contribution in [-0.2, 0) is 9.53 Å². The van der Waals surface area contributed by atoms with Gasteiger partial charge >= 0.3 is 6.09 Å². The molecule has 2 fully saturated rings. The van der Waals surface area contributed by atoms with Crippen LogP contribution in [0.25, 0.3) is 0 Å². The number of hydrogen-bond acceptors (Lipinski definition) is 3. The highest BCUT2D eigenvalue weighted by atomic mass is 16.6. The topological polar surface area (TPSA) is 55.4 Å². The van der Waals surface area contributed by atoms with Gasteiger partial charge in [-0.1, -0.05) is 0 Å². The number of ether oxygens (including phenoxy) is 1. The largest absolute Gasteiger partial charge is 0.435 e. The molecule has 0 aromatic rings. The lowest BCUT2D eigenvalue weighted by atomic mass is 9.80. The van der Waals surface area contributed by atoms with E-state index >= 15 is 0 Å². The quantitative estimate of drug-likeness (QED) is 0.609. The molecule has 1 unspecified atom stereocenters. The monoisotopic (exact) mass is 183 g/mol. The first kappa shape index (κ1) is 8.53. The van der Waals surface area contributed by atoms with Crippen molar-refractivity contribution in [3.8, 4) is 0 Å². The number of hydrogen-bond donors (Lipinski definition) is 1. The fourth-order valence-corrected chi connectivity index (χ4v) is 2.07. The molecule has 1 N–H and O–H groups in total. The lowest BCUT2D eigenvalue weighted by Gasteiger charge is -2.38. The molecule has 0 radical (unpaired) electrons. The second-order valence-corrected chi connectivity index (χ2v) is 3.69. The zero-order valence-corrected chi connectivity index (χ0v) is 7.47. The summed E-state index contributed by atoms with van der Waals surface area (Å²) in [5.41, 5.74) is -0.763. The fraction of sp³-hybridized carbons (Fsp3) is 0.778. The zero-order valence-electron chi connectivity index (χ0n) is 7.47. The minimum atomic E-state index is -0.763. The first-order chi connectivity index (χ1) is 6.23. The molecular weight excluding hydrogens is 170 g/mol. The molecule has 4 nitrogen and oxygen atoms in total. The summed E-state index contributed by atoms with van der Waals surface area (Å²) in [5, 5.41) is 2.56. The number of carbonyl (C=O) groups is 2. The summed E-state index contributed by atoms with van der Waals surface area (Å²) >= 11 is 0. The first-order valence-corrected chi connectivity index (χ1v) is 4.73. The van der Waals surface area contributed by atoms with E-state index in [0.29, 0.717) is 25.8 Å². The third-order valence-electron chi connectivity index (χ3n) is 2.83. The fourth-order valence-electron chi connectivity index (χ4n) is 2.07. The molecule has 4 heteroatoms. The van der Waals surface area contributed by atoms with Crippen molar-refractivity contribution in [2.45, 2.75) is 37.7 Å². The second kappa shape index (κ2) is 3.01. The van der Waals surface area contributed by atoms with Gasteiger partial charge in [-0.05, 0) is 19.3 Å². The van der Waals surface area contributed by atoms with Crippen molar-refractivity contribution < 1.29 is 14.3 Å². The normalized spacial score (nSPS) is 34.2. The van der Waals surface area contributed by atoms with Gasteiger partial charge in [0.15, 0.2) is 11.4 Å². The van der Waals surface area contributed by atoms with E-state index in [0.717, 1.165) is 12.8 Å². The van der Waals surface area contributed by atoms with E-state index in [1.165, 1.54) is 0 Å². The molecule has 0 aromatic carbocycles. The maximum atomic E-state index is 11.6. The summed E-state index contributed by atoms with van der Waals surface area (Å²) in [6.45, 7) is 0.560. The maximum Gasteiger partial charge on any atom is 0.408 e. The van der Waals surface area contributed by atoms with E-state index in [2.05, 4.69) is 5.32 Å². The van der Waals surface area contributed by atoms with Crippen molar-refractivity contribution in [2.24, 2.45) is 0 Å². The summed E-state index contributed by atoms with van der Waals surface area (Å²) in [7, 11) is 0. The van der Waals surface area contributed by atoms with E-state index in [4.69, 9.17) is 4.74 Å². The summed E-state index contributed by atoms with van der Waals surface area (Å²) in [5.74, 6) is 0.105. The van der Waals surface area contributed by atoms with Crippen LogP contribution in [0.2, 0.25) is 0 Å². The van der Waals surface area contributed by atoms with Crippen LogP contribution < -0.4 is 5.32 Å². The van der Waals surface area contributed by atoms with Crippen LogP contribution in [0.4, 0.5) is 4.79 Å². The Bertz CT molecular complexity index is 247. The Morgan fingerprint density at radius 1 is 1.23 bits per heavy atom. The van der Waals surface area contributed by atoms with Gasteiger partial charge in [-0.2, -0.15) is 0 Å². The number of amides is 1. The predicted molar refractivity (Wildman–Crippen MR) is 45.3 cm³/mol. The van der Waals surface area contributed by atoms with Crippen molar-refractivity contribution in [1.29, 1.82) is 0 Å². The lowest BCUT2D eigenvalue weighted by Crippen LogP contribution is -2.53. The van der Waals surface area contributed by atoms with Crippen LogP contribution in [0.15, 0.2) is 0 Å². The minimum Gasteiger partial charge on any atom is -0.435 e. The average molecular weight is 183 g/mol. The molecule has 1 aliphatic carbocycles. The summed E-state index contributed by atoms with van der Waals surface area (Å²) in [6.07, 6.45) is 3.39. The molecule has 0 aromatic heterocycles. The predicted octanol–water partition coefficient (Wildman–Crippen LogP) is 0.998. The molecule has 2 aliphatic rings. The Morgan fingerprint density at radius 3 is 2.77 bits per heavy atom. The molecule has 1 aliphatic heterocycles. The van der Waals surface area contributed by atoms with Gasteiger partial charge in [0.05, 0.1) is 0 Å². The highest BCUT2D eigenvalue weighted by Gasteiger charge is 2.45. The van der Waals surface area contributed by atoms with Gasteiger partial charge in [0, 0.05) is 19.4 Å². The highest BCUT2D eigenvalue weighted by Crippen LogP contribution is 2.33. The number of alkyl carbamates (subject to hydrolysis) is 1. The van der Waals surface area contributed by atoms with Gasteiger partial charge in [-0.3, -0.25) is 4.79 Å². The Labute approximate surface area is 76.6 Å². The Balaban J connectivity index is 2.16. The van der Waals surface area contributed by atoms with Crippen LogP contribution in [0.1, 0.15) is 32.1 Å². The molecular formula is C9H13NO3. The molecule has 1 saturated carbocycles. The molecule has 1 amide bonds. The highest BCUT2D eigenvalue weighted by molar-refractivity contribution is 5.90. The van der Waals surface area contributed by atoms with Crippen molar-refractivity contribution >= 4 is 11.9 Å². The van der Waals surface area contributed by atoms with Crippen LogP contribution in [0.3, 0.4) is 0 Å². The van der Waals surface area contributed by atoms with Gasteiger partial charge in [-0.25, -0.2) is 4.79 Å². The lowest BCUT2D eigenvalue weighted by molar-refractivity contribution is -0.144.